The first-order valence-corrected chi connectivity index (χ1v) is 9.92. The lowest BCUT2D eigenvalue weighted by Crippen LogP contribution is -2.48. The second kappa shape index (κ2) is 11.6. The number of benzene rings is 1. The van der Waals surface area contributed by atoms with Gasteiger partial charge in [0.15, 0.2) is 11.7 Å². The molecule has 3 rings (SSSR count). The summed E-state index contributed by atoms with van der Waals surface area (Å²) in [5, 5.41) is 11.6. The van der Waals surface area contributed by atoms with Gasteiger partial charge in [-0.3, -0.25) is 9.89 Å². The number of halogens is 2. The van der Waals surface area contributed by atoms with Crippen LogP contribution in [0.2, 0.25) is 5.02 Å². The van der Waals surface area contributed by atoms with E-state index in [1.807, 2.05) is 18.2 Å². The Hall–Kier alpha value is -1.32. The van der Waals surface area contributed by atoms with Crippen molar-refractivity contribution in [3.8, 4) is 0 Å². The molecule has 1 aliphatic heterocycles. The van der Waals surface area contributed by atoms with E-state index in [1.165, 1.54) is 5.56 Å². The van der Waals surface area contributed by atoms with E-state index in [2.05, 4.69) is 44.7 Å². The Balaban J connectivity index is 0.00000280. The Labute approximate surface area is 189 Å². The molecule has 1 aromatic carbocycles. The molecule has 0 saturated carbocycles. The average Bonchev–Trinajstić information content (AvgIpc) is 3.16. The minimum atomic E-state index is 0. The fourth-order valence-electron chi connectivity index (χ4n) is 3.25. The number of guanidine groups is 1. The van der Waals surface area contributed by atoms with Gasteiger partial charge in [0.2, 0.25) is 0 Å². The van der Waals surface area contributed by atoms with E-state index >= 15 is 0 Å². The van der Waals surface area contributed by atoms with Gasteiger partial charge in [-0.05, 0) is 37.0 Å². The smallest absolute Gasteiger partial charge is 0.191 e. The maximum atomic E-state index is 5.96. The van der Waals surface area contributed by atoms with Crippen molar-refractivity contribution in [3.63, 3.8) is 0 Å². The van der Waals surface area contributed by atoms with Gasteiger partial charge in [0, 0.05) is 43.8 Å². The number of aryl methyl sites for hydroxylation is 1. The van der Waals surface area contributed by atoms with Crippen LogP contribution in [0.3, 0.4) is 0 Å². The number of aromatic nitrogens is 1. The van der Waals surface area contributed by atoms with Crippen molar-refractivity contribution < 1.29 is 4.52 Å². The number of nitrogens with one attached hydrogen (secondary N) is 2. The topological polar surface area (TPSA) is 65.7 Å². The van der Waals surface area contributed by atoms with Crippen molar-refractivity contribution in [2.24, 2.45) is 4.99 Å². The van der Waals surface area contributed by atoms with Crippen LogP contribution in [0.15, 0.2) is 39.8 Å². The summed E-state index contributed by atoms with van der Waals surface area (Å²) < 4.78 is 5.31. The molecule has 6 nitrogen and oxygen atoms in total. The Morgan fingerprint density at radius 2 is 2.00 bits per heavy atom. The van der Waals surface area contributed by atoms with Crippen molar-refractivity contribution in [1.82, 2.24) is 20.7 Å². The monoisotopic (exact) mass is 517 g/mol. The summed E-state index contributed by atoms with van der Waals surface area (Å²) in [5.74, 6) is 1.63. The van der Waals surface area contributed by atoms with Gasteiger partial charge in [-0.2, -0.15) is 0 Å². The first kappa shape index (κ1) is 23.0. The number of piperidine rings is 1. The van der Waals surface area contributed by atoms with Crippen LogP contribution in [0.25, 0.3) is 0 Å². The van der Waals surface area contributed by atoms with Crippen molar-refractivity contribution in [3.05, 3.63) is 52.4 Å². The van der Waals surface area contributed by atoms with Crippen molar-refractivity contribution in [2.45, 2.75) is 45.3 Å². The molecular formula is C20H29ClIN5O. The molecule has 1 saturated heterocycles. The number of likely N-dealkylation sites (tertiary alicyclic amines) is 1. The molecule has 0 atom stereocenters. The first-order chi connectivity index (χ1) is 13.2. The second-order valence-electron chi connectivity index (χ2n) is 6.89. The Kier molecular flexibility index (Phi) is 9.53. The van der Waals surface area contributed by atoms with Crippen LogP contribution in [0.1, 0.15) is 36.8 Å². The maximum Gasteiger partial charge on any atom is 0.191 e. The van der Waals surface area contributed by atoms with E-state index in [1.54, 1.807) is 7.05 Å². The zero-order valence-corrected chi connectivity index (χ0v) is 19.5. The first-order valence-electron chi connectivity index (χ1n) is 9.54. The van der Waals surface area contributed by atoms with Crippen LogP contribution in [0, 0.1) is 0 Å². The fraction of sp³-hybridized carbons (Fsp3) is 0.500. The quantitative estimate of drug-likeness (QED) is 0.346. The zero-order valence-electron chi connectivity index (χ0n) is 16.4. The van der Waals surface area contributed by atoms with E-state index in [-0.39, 0.29) is 24.0 Å². The molecule has 2 heterocycles. The van der Waals surface area contributed by atoms with Gasteiger partial charge < -0.3 is 15.2 Å². The van der Waals surface area contributed by atoms with Crippen LogP contribution in [0.5, 0.6) is 0 Å². The molecule has 28 heavy (non-hydrogen) atoms. The summed E-state index contributed by atoms with van der Waals surface area (Å²) in [6.45, 7) is 5.76. The van der Waals surface area contributed by atoms with Gasteiger partial charge in [-0.15, -0.1) is 24.0 Å². The molecule has 154 valence electrons. The molecule has 8 heteroatoms. The number of hydrogen-bond acceptors (Lipinski definition) is 4. The lowest BCUT2D eigenvalue weighted by Gasteiger charge is -2.33. The highest BCUT2D eigenvalue weighted by atomic mass is 127. The molecule has 2 N–H and O–H groups in total. The fourth-order valence-corrected chi connectivity index (χ4v) is 3.37. The molecule has 2 aromatic rings. The van der Waals surface area contributed by atoms with E-state index in [0.717, 1.165) is 61.3 Å². The Morgan fingerprint density at radius 3 is 2.61 bits per heavy atom. The number of nitrogens with zero attached hydrogens (tertiary/aromatic N) is 3. The van der Waals surface area contributed by atoms with Crippen LogP contribution < -0.4 is 10.6 Å². The molecule has 1 aliphatic rings. The summed E-state index contributed by atoms with van der Waals surface area (Å²) in [6.07, 6.45) is 3.07. The van der Waals surface area contributed by atoms with Gasteiger partial charge in [0.05, 0.1) is 12.2 Å². The number of hydrogen-bond donors (Lipinski definition) is 2. The molecule has 1 aromatic heterocycles. The van der Waals surface area contributed by atoms with Gasteiger partial charge in [0.25, 0.3) is 0 Å². The van der Waals surface area contributed by atoms with Crippen LogP contribution in [-0.4, -0.2) is 42.2 Å². The molecule has 0 unspecified atom stereocenters. The highest BCUT2D eigenvalue weighted by Gasteiger charge is 2.20. The van der Waals surface area contributed by atoms with E-state index in [0.29, 0.717) is 12.6 Å². The van der Waals surface area contributed by atoms with Gasteiger partial charge in [0.1, 0.15) is 0 Å². The molecule has 0 spiro atoms. The molecular weight excluding hydrogens is 489 g/mol. The van der Waals surface area contributed by atoms with E-state index < -0.39 is 0 Å². The summed E-state index contributed by atoms with van der Waals surface area (Å²) in [7, 11) is 1.79. The molecule has 1 fully saturated rings. The highest BCUT2D eigenvalue weighted by Crippen LogP contribution is 2.16. The third kappa shape index (κ3) is 6.93. The second-order valence-corrected chi connectivity index (χ2v) is 7.32. The SMILES string of the molecule is CCc1cc(CNC(=NC)NC2CCN(Cc3ccc(Cl)cc3)CC2)on1.I. The minimum Gasteiger partial charge on any atom is -0.359 e. The van der Waals surface area contributed by atoms with Crippen molar-refractivity contribution in [2.75, 3.05) is 20.1 Å². The normalized spacial score (nSPS) is 15.9. The van der Waals surface area contributed by atoms with Crippen molar-refractivity contribution in [1.29, 1.82) is 0 Å². The number of rotatable bonds is 6. The van der Waals surface area contributed by atoms with Crippen LogP contribution >= 0.6 is 35.6 Å². The van der Waals surface area contributed by atoms with Gasteiger partial charge >= 0.3 is 0 Å². The third-order valence-corrected chi connectivity index (χ3v) is 5.12. The maximum absolute atomic E-state index is 5.96. The largest absolute Gasteiger partial charge is 0.359 e. The van der Waals surface area contributed by atoms with Crippen molar-refractivity contribution >= 4 is 41.5 Å². The third-order valence-electron chi connectivity index (χ3n) is 4.87. The molecule has 0 bridgehead atoms. The summed E-state index contributed by atoms with van der Waals surface area (Å²) >= 11 is 5.96. The van der Waals surface area contributed by atoms with Crippen LogP contribution in [-0.2, 0) is 19.5 Å². The van der Waals surface area contributed by atoms with E-state index in [4.69, 9.17) is 16.1 Å². The predicted molar refractivity (Wildman–Crippen MR) is 124 cm³/mol. The summed E-state index contributed by atoms with van der Waals surface area (Å²) in [6, 6.07) is 10.5. The standard InChI is InChI=1S/C20H28ClN5O.HI/c1-3-17-12-19(27-25-17)13-23-20(22-2)24-18-8-10-26(11-9-18)14-15-4-6-16(21)7-5-15;/h4-7,12,18H,3,8-11,13-14H2,1-2H3,(H2,22,23,24);1H. The van der Waals surface area contributed by atoms with E-state index in [9.17, 15) is 0 Å². The summed E-state index contributed by atoms with van der Waals surface area (Å²) in [5.41, 5.74) is 2.28. The van der Waals surface area contributed by atoms with Crippen LogP contribution in [0.4, 0.5) is 0 Å². The van der Waals surface area contributed by atoms with Gasteiger partial charge in [-0.1, -0.05) is 35.8 Å². The Bertz CT molecular complexity index is 741. The highest BCUT2D eigenvalue weighted by molar-refractivity contribution is 14.0. The minimum absolute atomic E-state index is 0. The summed E-state index contributed by atoms with van der Waals surface area (Å²) in [4.78, 5) is 6.81. The molecule has 0 amide bonds. The number of aliphatic imine (C=N–C) groups is 1. The molecule has 0 radical (unpaired) electrons. The zero-order chi connectivity index (χ0) is 19.1. The lowest BCUT2D eigenvalue weighted by molar-refractivity contribution is 0.198. The Morgan fingerprint density at radius 1 is 1.29 bits per heavy atom. The molecule has 0 aliphatic carbocycles. The van der Waals surface area contributed by atoms with Gasteiger partial charge in [-0.25, -0.2) is 0 Å². The lowest BCUT2D eigenvalue weighted by atomic mass is 10.0. The average molecular weight is 518 g/mol. The predicted octanol–water partition coefficient (Wildman–Crippen LogP) is 3.84.